The van der Waals surface area contributed by atoms with Crippen LogP contribution < -0.4 is 15.0 Å². The van der Waals surface area contributed by atoms with E-state index in [0.29, 0.717) is 34.8 Å². The molecule has 8 nitrogen and oxygen atoms in total. The van der Waals surface area contributed by atoms with Crippen molar-refractivity contribution in [1.29, 1.82) is 0 Å². The van der Waals surface area contributed by atoms with Gasteiger partial charge in [0.15, 0.2) is 11.5 Å². The fourth-order valence-corrected chi connectivity index (χ4v) is 3.64. The molecule has 1 aliphatic heterocycles. The highest BCUT2D eigenvalue weighted by atomic mass is 16.5. The van der Waals surface area contributed by atoms with Gasteiger partial charge in [-0.1, -0.05) is 12.1 Å². The molecule has 0 aromatic heterocycles. The lowest BCUT2D eigenvalue weighted by molar-refractivity contribution is -0.130. The first-order valence-corrected chi connectivity index (χ1v) is 9.55. The number of hydroxylamine groups is 1. The van der Waals surface area contributed by atoms with Crippen molar-refractivity contribution < 1.29 is 29.1 Å². The van der Waals surface area contributed by atoms with Crippen LogP contribution in [0.25, 0.3) is 0 Å². The second kappa shape index (κ2) is 8.54. The molecule has 0 fully saturated rings. The van der Waals surface area contributed by atoms with E-state index in [1.807, 2.05) is 13.8 Å². The Morgan fingerprint density at radius 1 is 1.13 bits per heavy atom. The first-order valence-electron chi connectivity index (χ1n) is 9.55. The van der Waals surface area contributed by atoms with E-state index in [1.165, 1.54) is 7.11 Å². The number of benzene rings is 2. The fourth-order valence-electron chi connectivity index (χ4n) is 3.64. The molecule has 0 radical (unpaired) electrons. The zero-order valence-electron chi connectivity index (χ0n) is 17.3. The quantitative estimate of drug-likeness (QED) is 0.412. The topological polar surface area (TPSA) is 105 Å². The summed E-state index contributed by atoms with van der Waals surface area (Å²) in [5.74, 6) is -0.767. The number of hydrogen-bond acceptors (Lipinski definition) is 6. The molecule has 0 saturated carbocycles. The van der Waals surface area contributed by atoms with Crippen LogP contribution >= 0.6 is 0 Å². The minimum atomic E-state index is -0.936. The van der Waals surface area contributed by atoms with Gasteiger partial charge in [-0.15, -0.1) is 0 Å². The van der Waals surface area contributed by atoms with Crippen LogP contribution in [0.2, 0.25) is 0 Å². The third-order valence-corrected chi connectivity index (χ3v) is 5.31. The molecule has 1 unspecified atom stereocenters. The number of imide groups is 1. The van der Waals surface area contributed by atoms with Gasteiger partial charge in [0, 0.05) is 0 Å². The molecule has 30 heavy (non-hydrogen) atoms. The van der Waals surface area contributed by atoms with Crippen LogP contribution in [0.3, 0.4) is 0 Å². The summed E-state index contributed by atoms with van der Waals surface area (Å²) >= 11 is 0. The molecule has 0 spiro atoms. The van der Waals surface area contributed by atoms with Gasteiger partial charge >= 0.3 is 0 Å². The molecule has 2 aromatic carbocycles. The number of carbonyl (C=O) groups excluding carboxylic acids is 3. The van der Waals surface area contributed by atoms with E-state index < -0.39 is 23.8 Å². The molecule has 0 saturated heterocycles. The van der Waals surface area contributed by atoms with Crippen molar-refractivity contribution in [2.75, 3.05) is 13.7 Å². The van der Waals surface area contributed by atoms with Gasteiger partial charge in [-0.25, -0.2) is 5.48 Å². The van der Waals surface area contributed by atoms with E-state index in [2.05, 4.69) is 0 Å². The summed E-state index contributed by atoms with van der Waals surface area (Å²) in [6, 6.07) is 7.43. The molecule has 1 atom stereocenters. The first kappa shape index (κ1) is 21.3. The van der Waals surface area contributed by atoms with Crippen LogP contribution in [0.15, 0.2) is 30.3 Å². The van der Waals surface area contributed by atoms with Gasteiger partial charge in [-0.2, -0.15) is 0 Å². The molecule has 3 rings (SSSR count). The summed E-state index contributed by atoms with van der Waals surface area (Å²) in [6.45, 7) is 5.86. The molecular formula is C22H24N2O6. The van der Waals surface area contributed by atoms with Crippen molar-refractivity contribution in [3.05, 3.63) is 58.1 Å². The maximum atomic E-state index is 13.3. The summed E-state index contributed by atoms with van der Waals surface area (Å²) in [5, 5.41) is 9.05. The van der Waals surface area contributed by atoms with Crippen molar-refractivity contribution in [2.24, 2.45) is 0 Å². The predicted molar refractivity (Wildman–Crippen MR) is 108 cm³/mol. The molecular weight excluding hydrogens is 388 g/mol. The van der Waals surface area contributed by atoms with Crippen molar-refractivity contribution in [3.63, 3.8) is 0 Å². The third-order valence-electron chi connectivity index (χ3n) is 5.31. The molecule has 8 heteroatoms. The number of hydrogen-bond donors (Lipinski definition) is 2. The summed E-state index contributed by atoms with van der Waals surface area (Å²) < 4.78 is 10.9. The standard InChI is InChI=1S/C22H24N2O6/c1-5-30-18-10-14(7-9-17(18)29-4)16(11-19(25)23-28)24-21(26)15-8-6-12(2)13(3)20(15)22(24)27/h6-10,16,28H,5,11H2,1-4H3,(H,23,25). The Kier molecular flexibility index (Phi) is 6.07. The monoisotopic (exact) mass is 412 g/mol. The second-order valence-electron chi connectivity index (χ2n) is 7.01. The Balaban J connectivity index is 2.11. The molecule has 1 aliphatic rings. The van der Waals surface area contributed by atoms with E-state index in [-0.39, 0.29) is 6.42 Å². The van der Waals surface area contributed by atoms with E-state index in [4.69, 9.17) is 14.7 Å². The molecule has 3 amide bonds. The number of methoxy groups -OCH3 is 1. The Morgan fingerprint density at radius 3 is 2.50 bits per heavy atom. The molecule has 2 N–H and O–H groups in total. The average molecular weight is 412 g/mol. The van der Waals surface area contributed by atoms with Gasteiger partial charge in [0.25, 0.3) is 11.8 Å². The van der Waals surface area contributed by atoms with E-state index >= 15 is 0 Å². The second-order valence-corrected chi connectivity index (χ2v) is 7.01. The summed E-state index contributed by atoms with van der Waals surface area (Å²) in [4.78, 5) is 39.5. The van der Waals surface area contributed by atoms with Crippen LogP contribution in [-0.4, -0.2) is 41.5 Å². The number of fused-ring (bicyclic) bond motifs is 1. The number of amides is 3. The van der Waals surface area contributed by atoms with E-state index in [0.717, 1.165) is 16.0 Å². The van der Waals surface area contributed by atoms with Crippen molar-refractivity contribution in [2.45, 2.75) is 33.2 Å². The summed E-state index contributed by atoms with van der Waals surface area (Å²) in [7, 11) is 1.50. The highest BCUT2D eigenvalue weighted by molar-refractivity contribution is 6.22. The minimum Gasteiger partial charge on any atom is -0.493 e. The highest BCUT2D eigenvalue weighted by Gasteiger charge is 2.42. The Hall–Kier alpha value is -3.39. The lowest BCUT2D eigenvalue weighted by atomic mass is 9.99. The Bertz CT molecular complexity index is 1020. The van der Waals surface area contributed by atoms with Crippen LogP contribution in [0.5, 0.6) is 11.5 Å². The molecule has 0 aliphatic carbocycles. The van der Waals surface area contributed by atoms with Crippen molar-refractivity contribution >= 4 is 17.7 Å². The number of carbonyl (C=O) groups is 3. The van der Waals surface area contributed by atoms with Gasteiger partial charge in [0.1, 0.15) is 0 Å². The van der Waals surface area contributed by atoms with Gasteiger partial charge in [0.05, 0.1) is 37.3 Å². The zero-order chi connectivity index (χ0) is 22.0. The molecule has 2 aromatic rings. The Labute approximate surface area is 174 Å². The SMILES string of the molecule is CCOc1cc(C(CC(=O)NO)N2C(=O)c3ccc(C)c(C)c3C2=O)ccc1OC. The number of rotatable bonds is 7. The van der Waals surface area contributed by atoms with Crippen LogP contribution in [0, 0.1) is 13.8 Å². The van der Waals surface area contributed by atoms with Gasteiger partial charge in [-0.3, -0.25) is 24.5 Å². The third kappa shape index (κ3) is 3.61. The predicted octanol–water partition coefficient (Wildman–Crippen LogP) is 2.94. The number of nitrogens with one attached hydrogen (secondary N) is 1. The van der Waals surface area contributed by atoms with Crippen molar-refractivity contribution in [1.82, 2.24) is 10.4 Å². The molecule has 0 bridgehead atoms. The molecule has 158 valence electrons. The largest absolute Gasteiger partial charge is 0.493 e. The average Bonchev–Trinajstić information content (AvgIpc) is 2.99. The van der Waals surface area contributed by atoms with Crippen molar-refractivity contribution in [3.8, 4) is 11.5 Å². The van der Waals surface area contributed by atoms with E-state index in [1.54, 1.807) is 42.7 Å². The highest BCUT2D eigenvalue weighted by Crippen LogP contribution is 2.38. The molecule has 1 heterocycles. The fraction of sp³-hybridized carbons (Fsp3) is 0.318. The zero-order valence-corrected chi connectivity index (χ0v) is 17.3. The summed E-state index contributed by atoms with van der Waals surface area (Å²) in [5.41, 5.74) is 4.35. The lowest BCUT2D eigenvalue weighted by Gasteiger charge is -2.26. The smallest absolute Gasteiger partial charge is 0.262 e. The maximum absolute atomic E-state index is 13.3. The maximum Gasteiger partial charge on any atom is 0.262 e. The normalized spacial score (nSPS) is 13.8. The van der Waals surface area contributed by atoms with Crippen LogP contribution in [-0.2, 0) is 4.79 Å². The van der Waals surface area contributed by atoms with Crippen LogP contribution in [0.4, 0.5) is 0 Å². The Morgan fingerprint density at radius 2 is 1.87 bits per heavy atom. The van der Waals surface area contributed by atoms with Gasteiger partial charge in [0.2, 0.25) is 5.91 Å². The van der Waals surface area contributed by atoms with E-state index in [9.17, 15) is 14.4 Å². The van der Waals surface area contributed by atoms with Crippen LogP contribution in [0.1, 0.15) is 56.8 Å². The number of ether oxygens (including phenoxy) is 2. The minimum absolute atomic E-state index is 0.302. The number of aryl methyl sites for hydroxylation is 1. The van der Waals surface area contributed by atoms with Gasteiger partial charge in [-0.05, 0) is 55.7 Å². The lowest BCUT2D eigenvalue weighted by Crippen LogP contribution is -2.37. The number of nitrogens with zero attached hydrogens (tertiary/aromatic N) is 1. The van der Waals surface area contributed by atoms with Gasteiger partial charge < -0.3 is 9.47 Å². The first-order chi connectivity index (χ1) is 14.3. The summed E-state index contributed by atoms with van der Waals surface area (Å²) in [6.07, 6.45) is -0.308.